The number of carboxylic acids is 1. The Hall–Kier alpha value is -4.18. The summed E-state index contributed by atoms with van der Waals surface area (Å²) in [4.78, 5) is 56.8. The van der Waals surface area contributed by atoms with E-state index in [0.29, 0.717) is 19.4 Å². The summed E-state index contributed by atoms with van der Waals surface area (Å²) < 4.78 is 0. The van der Waals surface area contributed by atoms with Gasteiger partial charge in [0.25, 0.3) is 0 Å². The number of rotatable bonds is 11. The van der Waals surface area contributed by atoms with E-state index in [1.54, 1.807) is 24.3 Å². The minimum absolute atomic E-state index is 0.120. The third-order valence-corrected chi connectivity index (χ3v) is 7.47. The van der Waals surface area contributed by atoms with E-state index in [0.717, 1.165) is 22.0 Å². The van der Waals surface area contributed by atoms with Crippen molar-refractivity contribution in [1.82, 2.24) is 20.5 Å². The van der Waals surface area contributed by atoms with Crippen molar-refractivity contribution >= 4 is 34.6 Å². The Labute approximate surface area is 233 Å². The number of carbonyl (C=O) groups excluding carboxylic acids is 3. The number of hydrogen-bond acceptors (Lipinski definition) is 5. The monoisotopic (exact) mass is 547 g/mol. The number of nitrogens with zero attached hydrogens (tertiary/aromatic N) is 1. The molecule has 10 nitrogen and oxygen atoms in total. The molecular formula is C30H37N5O5. The molecule has 1 aliphatic rings. The summed E-state index contributed by atoms with van der Waals surface area (Å²) >= 11 is 0. The quantitative estimate of drug-likeness (QED) is 0.247. The molecule has 2 heterocycles. The van der Waals surface area contributed by atoms with Crippen molar-refractivity contribution in [1.29, 1.82) is 0 Å². The van der Waals surface area contributed by atoms with Crippen LogP contribution in [0.1, 0.15) is 37.8 Å². The van der Waals surface area contributed by atoms with Gasteiger partial charge in [0.05, 0.1) is 6.04 Å². The fraction of sp³-hybridized carbons (Fsp3) is 0.400. The van der Waals surface area contributed by atoms with E-state index in [2.05, 4.69) is 15.6 Å². The second-order valence-corrected chi connectivity index (χ2v) is 10.7. The van der Waals surface area contributed by atoms with Crippen LogP contribution in [0, 0.1) is 5.92 Å². The molecule has 0 aliphatic carbocycles. The van der Waals surface area contributed by atoms with Crippen LogP contribution < -0.4 is 16.4 Å². The molecule has 0 saturated carbocycles. The van der Waals surface area contributed by atoms with Crippen LogP contribution in [-0.2, 0) is 32.0 Å². The summed E-state index contributed by atoms with van der Waals surface area (Å²) in [6.45, 7) is 3.98. The summed E-state index contributed by atoms with van der Waals surface area (Å²) in [6.07, 6.45) is 3.12. The molecular weight excluding hydrogens is 510 g/mol. The van der Waals surface area contributed by atoms with Crippen molar-refractivity contribution in [2.45, 2.75) is 63.7 Å². The molecule has 4 unspecified atom stereocenters. The number of aliphatic carboxylic acids is 1. The summed E-state index contributed by atoms with van der Waals surface area (Å²) in [5, 5.41) is 16.2. The molecule has 1 saturated heterocycles. The number of likely N-dealkylation sites (tertiary alicyclic amines) is 1. The minimum atomic E-state index is -1.15. The molecule has 6 N–H and O–H groups in total. The molecule has 2 aromatic carbocycles. The predicted octanol–water partition coefficient (Wildman–Crippen LogP) is 1.98. The number of nitrogens with one attached hydrogen (secondary N) is 3. The zero-order chi connectivity index (χ0) is 28.8. The Morgan fingerprint density at radius 2 is 1.70 bits per heavy atom. The van der Waals surface area contributed by atoms with Gasteiger partial charge in [0, 0.05) is 36.5 Å². The number of amides is 3. The number of carboxylic acid groups (broad SMARTS) is 1. The third kappa shape index (κ3) is 6.69. The van der Waals surface area contributed by atoms with E-state index in [-0.39, 0.29) is 18.8 Å². The van der Waals surface area contributed by atoms with E-state index in [1.165, 1.54) is 4.90 Å². The second kappa shape index (κ2) is 12.8. The van der Waals surface area contributed by atoms with Crippen molar-refractivity contribution in [3.63, 3.8) is 0 Å². The number of aromatic nitrogens is 1. The lowest BCUT2D eigenvalue weighted by atomic mass is 10.0. The summed E-state index contributed by atoms with van der Waals surface area (Å²) in [5.41, 5.74) is 8.62. The van der Waals surface area contributed by atoms with E-state index in [9.17, 15) is 24.3 Å². The van der Waals surface area contributed by atoms with Gasteiger partial charge >= 0.3 is 5.97 Å². The number of H-pyrrole nitrogens is 1. The van der Waals surface area contributed by atoms with Gasteiger partial charge in [0.1, 0.15) is 18.1 Å². The highest BCUT2D eigenvalue weighted by Crippen LogP contribution is 2.23. The number of benzene rings is 2. The first-order valence-electron chi connectivity index (χ1n) is 13.6. The molecule has 1 aliphatic heterocycles. The molecule has 0 radical (unpaired) electrons. The van der Waals surface area contributed by atoms with Crippen LogP contribution in [0.3, 0.4) is 0 Å². The van der Waals surface area contributed by atoms with Crippen LogP contribution in [0.4, 0.5) is 0 Å². The Morgan fingerprint density at radius 3 is 2.40 bits per heavy atom. The highest BCUT2D eigenvalue weighted by molar-refractivity contribution is 5.95. The maximum Gasteiger partial charge on any atom is 0.326 e. The summed E-state index contributed by atoms with van der Waals surface area (Å²) in [7, 11) is 0. The number of para-hydroxylation sites is 1. The maximum absolute atomic E-state index is 13.9. The average Bonchev–Trinajstić information content (AvgIpc) is 3.59. The predicted molar refractivity (Wildman–Crippen MR) is 151 cm³/mol. The zero-order valence-electron chi connectivity index (χ0n) is 22.8. The molecule has 40 heavy (non-hydrogen) atoms. The number of hydrogen-bond donors (Lipinski definition) is 5. The van der Waals surface area contributed by atoms with Gasteiger partial charge in [0.15, 0.2) is 0 Å². The lowest BCUT2D eigenvalue weighted by Gasteiger charge is -2.30. The van der Waals surface area contributed by atoms with E-state index >= 15 is 0 Å². The topological polar surface area (TPSA) is 158 Å². The van der Waals surface area contributed by atoms with E-state index in [4.69, 9.17) is 5.73 Å². The van der Waals surface area contributed by atoms with Crippen LogP contribution in [-0.4, -0.2) is 69.4 Å². The molecule has 1 fully saturated rings. The molecule has 0 bridgehead atoms. The van der Waals surface area contributed by atoms with Crippen molar-refractivity contribution in [3.05, 3.63) is 71.9 Å². The fourth-order valence-electron chi connectivity index (χ4n) is 5.11. The fourth-order valence-corrected chi connectivity index (χ4v) is 5.11. The minimum Gasteiger partial charge on any atom is -0.480 e. The molecule has 1 aromatic heterocycles. The van der Waals surface area contributed by atoms with Crippen molar-refractivity contribution in [2.24, 2.45) is 11.7 Å². The largest absolute Gasteiger partial charge is 0.480 e. The summed E-state index contributed by atoms with van der Waals surface area (Å²) in [6, 6.07) is 13.0. The van der Waals surface area contributed by atoms with Crippen LogP contribution in [0.5, 0.6) is 0 Å². The van der Waals surface area contributed by atoms with Gasteiger partial charge < -0.3 is 31.4 Å². The molecule has 3 aromatic rings. The third-order valence-electron chi connectivity index (χ3n) is 7.47. The average molecular weight is 548 g/mol. The van der Waals surface area contributed by atoms with Gasteiger partial charge in [-0.3, -0.25) is 14.4 Å². The number of carbonyl (C=O) groups is 4. The van der Waals surface area contributed by atoms with Gasteiger partial charge in [-0.25, -0.2) is 4.79 Å². The lowest BCUT2D eigenvalue weighted by Crippen LogP contribution is -2.58. The van der Waals surface area contributed by atoms with Crippen molar-refractivity contribution in [2.75, 3.05) is 6.54 Å². The summed E-state index contributed by atoms with van der Waals surface area (Å²) in [5.74, 6) is -2.65. The molecule has 4 atom stereocenters. The molecule has 4 rings (SSSR count). The second-order valence-electron chi connectivity index (χ2n) is 10.7. The molecule has 10 heteroatoms. The highest BCUT2D eigenvalue weighted by Gasteiger charge is 2.39. The van der Waals surface area contributed by atoms with Crippen LogP contribution >= 0.6 is 0 Å². The Morgan fingerprint density at radius 1 is 1.00 bits per heavy atom. The normalized spacial score (nSPS) is 17.4. The Bertz CT molecular complexity index is 1350. The van der Waals surface area contributed by atoms with Gasteiger partial charge in [-0.15, -0.1) is 0 Å². The number of nitrogens with two attached hydrogens (primary N) is 1. The standard InChI is InChI=1S/C30H37N5O5/c1-18(2)26(31)28(37)33-23(16-20-17-32-22-12-7-6-11-21(20)22)29(38)35-14-8-13-25(35)27(36)34-24(30(39)40)15-19-9-4-3-5-10-19/h3-7,9-12,17-18,23-26,32H,8,13-16,31H2,1-2H3,(H,33,37)(H,34,36)(H,39,40). The van der Waals surface area contributed by atoms with E-state index < -0.39 is 47.9 Å². The van der Waals surface area contributed by atoms with Crippen LogP contribution in [0.2, 0.25) is 0 Å². The number of fused-ring (bicyclic) bond motifs is 1. The first kappa shape index (κ1) is 28.8. The van der Waals surface area contributed by atoms with Crippen LogP contribution in [0.25, 0.3) is 10.9 Å². The zero-order valence-corrected chi connectivity index (χ0v) is 22.8. The molecule has 0 spiro atoms. The van der Waals surface area contributed by atoms with Gasteiger partial charge in [-0.05, 0) is 36.0 Å². The SMILES string of the molecule is CC(C)C(N)C(=O)NC(Cc1c[nH]c2ccccc12)C(=O)N1CCCC1C(=O)NC(Cc1ccccc1)C(=O)O. The first-order valence-corrected chi connectivity index (χ1v) is 13.6. The molecule has 212 valence electrons. The number of aromatic amines is 1. The first-order chi connectivity index (χ1) is 19.2. The Kier molecular flexibility index (Phi) is 9.21. The highest BCUT2D eigenvalue weighted by atomic mass is 16.4. The Balaban J connectivity index is 1.54. The molecule has 3 amide bonds. The van der Waals surface area contributed by atoms with Gasteiger partial charge in [-0.1, -0.05) is 62.4 Å². The van der Waals surface area contributed by atoms with Gasteiger partial charge in [0.2, 0.25) is 17.7 Å². The van der Waals surface area contributed by atoms with E-state index in [1.807, 2.05) is 50.4 Å². The lowest BCUT2D eigenvalue weighted by molar-refractivity contribution is -0.145. The maximum atomic E-state index is 13.9. The van der Waals surface area contributed by atoms with Crippen molar-refractivity contribution in [3.8, 4) is 0 Å². The van der Waals surface area contributed by atoms with Crippen molar-refractivity contribution < 1.29 is 24.3 Å². The smallest absolute Gasteiger partial charge is 0.326 e. The van der Waals surface area contributed by atoms with Crippen LogP contribution in [0.15, 0.2) is 60.8 Å². The van der Waals surface area contributed by atoms with Gasteiger partial charge in [-0.2, -0.15) is 0 Å².